The van der Waals surface area contributed by atoms with Gasteiger partial charge < -0.3 is 10.4 Å². The quantitative estimate of drug-likeness (QED) is 0.874. The summed E-state index contributed by atoms with van der Waals surface area (Å²) < 4.78 is 1.96. The summed E-state index contributed by atoms with van der Waals surface area (Å²) in [6.07, 6.45) is 1.81. The van der Waals surface area contributed by atoms with Crippen molar-refractivity contribution in [3.8, 4) is 0 Å². The van der Waals surface area contributed by atoms with Gasteiger partial charge in [0, 0.05) is 18.9 Å². The van der Waals surface area contributed by atoms with Gasteiger partial charge in [0.05, 0.1) is 12.1 Å². The Morgan fingerprint density at radius 2 is 2.15 bits per heavy atom. The summed E-state index contributed by atoms with van der Waals surface area (Å²) in [4.78, 5) is 15.8. The average Bonchev–Trinajstić information content (AvgIpc) is 2.74. The van der Waals surface area contributed by atoms with Crippen molar-refractivity contribution in [2.75, 3.05) is 0 Å². The molecule has 112 valence electrons. The molecule has 1 amide bonds. The first-order chi connectivity index (χ1) is 9.38. The van der Waals surface area contributed by atoms with Crippen LogP contribution in [-0.2, 0) is 4.79 Å². The van der Waals surface area contributed by atoms with Crippen molar-refractivity contribution in [3.05, 3.63) is 11.6 Å². The number of carbonyl (C=O) groups excluding carboxylic acids is 1. The van der Waals surface area contributed by atoms with Gasteiger partial charge in [0.15, 0.2) is 0 Å². The molecule has 0 unspecified atom stereocenters. The Morgan fingerprint density at radius 3 is 2.75 bits per heavy atom. The van der Waals surface area contributed by atoms with Crippen LogP contribution in [0.2, 0.25) is 0 Å². The van der Waals surface area contributed by atoms with Gasteiger partial charge in [-0.15, -0.1) is 0 Å². The van der Waals surface area contributed by atoms with Crippen LogP contribution in [0.15, 0.2) is 0 Å². The molecule has 1 fully saturated rings. The molecule has 1 saturated carbocycles. The fourth-order valence-electron chi connectivity index (χ4n) is 2.91. The maximum absolute atomic E-state index is 11.2. The Labute approximate surface area is 119 Å². The van der Waals surface area contributed by atoms with E-state index >= 15 is 0 Å². The van der Waals surface area contributed by atoms with Gasteiger partial charge in [-0.2, -0.15) is 5.10 Å². The molecular weight excluding hydrogens is 256 g/mol. The average molecular weight is 280 g/mol. The second-order valence-corrected chi connectivity index (χ2v) is 5.94. The zero-order chi connectivity index (χ0) is 14.9. The Morgan fingerprint density at radius 1 is 1.45 bits per heavy atom. The van der Waals surface area contributed by atoms with E-state index in [2.05, 4.69) is 29.2 Å². The number of aliphatic hydroxyl groups excluding tert-OH is 1. The molecule has 0 spiro atoms. The molecule has 20 heavy (non-hydrogen) atoms. The maximum Gasteiger partial charge on any atom is 0.217 e. The first-order valence-electron chi connectivity index (χ1n) is 7.26. The summed E-state index contributed by atoms with van der Waals surface area (Å²) in [5, 5.41) is 17.3. The van der Waals surface area contributed by atoms with Gasteiger partial charge >= 0.3 is 0 Å². The van der Waals surface area contributed by atoms with Crippen LogP contribution >= 0.6 is 0 Å². The number of hydrogen-bond acceptors (Lipinski definition) is 4. The minimum Gasteiger partial charge on any atom is -0.391 e. The van der Waals surface area contributed by atoms with Gasteiger partial charge in [0.2, 0.25) is 5.91 Å². The van der Waals surface area contributed by atoms with Crippen molar-refractivity contribution in [2.45, 2.75) is 71.1 Å². The lowest BCUT2D eigenvalue weighted by Crippen LogP contribution is -2.46. The summed E-state index contributed by atoms with van der Waals surface area (Å²) >= 11 is 0. The fourth-order valence-corrected chi connectivity index (χ4v) is 2.91. The van der Waals surface area contributed by atoms with Crippen molar-refractivity contribution in [1.82, 2.24) is 20.1 Å². The normalized spacial score (nSPS) is 26.8. The number of aryl methyl sites for hydroxylation is 1. The van der Waals surface area contributed by atoms with Crippen LogP contribution in [0.3, 0.4) is 0 Å². The highest BCUT2D eigenvalue weighted by atomic mass is 16.3. The first kappa shape index (κ1) is 15.0. The zero-order valence-corrected chi connectivity index (χ0v) is 12.6. The number of nitrogens with zero attached hydrogens (tertiary/aromatic N) is 3. The SMILES string of the molecule is CC(=O)N[C@@H]1C[C@@H](c2nc(C)nn2C(C)C)CC[C@H]1O. The number of amides is 1. The minimum absolute atomic E-state index is 0.101. The van der Waals surface area contributed by atoms with Gasteiger partial charge in [-0.25, -0.2) is 9.67 Å². The van der Waals surface area contributed by atoms with Crippen molar-refractivity contribution >= 4 is 5.91 Å². The number of aromatic nitrogens is 3. The van der Waals surface area contributed by atoms with Gasteiger partial charge in [-0.3, -0.25) is 4.79 Å². The first-order valence-corrected chi connectivity index (χ1v) is 7.26. The number of nitrogens with one attached hydrogen (secondary N) is 1. The molecule has 2 rings (SSSR count). The van der Waals surface area contributed by atoms with E-state index in [1.54, 1.807) is 0 Å². The van der Waals surface area contributed by atoms with Gasteiger partial charge in [0.1, 0.15) is 11.6 Å². The molecule has 6 nitrogen and oxygen atoms in total. The molecule has 2 N–H and O–H groups in total. The largest absolute Gasteiger partial charge is 0.391 e. The Bertz CT molecular complexity index is 484. The topological polar surface area (TPSA) is 80.0 Å². The minimum atomic E-state index is -0.466. The molecule has 0 bridgehead atoms. The molecule has 1 aliphatic rings. The lowest BCUT2D eigenvalue weighted by molar-refractivity contribution is -0.121. The summed E-state index contributed by atoms with van der Waals surface area (Å²) in [5.41, 5.74) is 0. The second-order valence-electron chi connectivity index (χ2n) is 5.94. The van der Waals surface area contributed by atoms with E-state index in [1.807, 2.05) is 11.6 Å². The molecule has 1 aromatic rings. The van der Waals surface area contributed by atoms with Crippen LogP contribution in [-0.4, -0.2) is 37.9 Å². The van der Waals surface area contributed by atoms with E-state index in [9.17, 15) is 9.90 Å². The third-order valence-corrected chi connectivity index (χ3v) is 3.82. The maximum atomic E-state index is 11.2. The molecule has 3 atom stereocenters. The van der Waals surface area contributed by atoms with Crippen LogP contribution in [0.1, 0.15) is 63.6 Å². The molecule has 1 aliphatic carbocycles. The van der Waals surface area contributed by atoms with Gasteiger partial charge in [-0.1, -0.05) is 0 Å². The standard InChI is InChI=1S/C14H24N4O2/c1-8(2)18-14(15-9(3)17-18)11-5-6-13(20)12(7-11)16-10(4)19/h8,11-13,20H,5-7H2,1-4H3,(H,16,19)/t11-,12+,13+/m0/s1. The molecule has 0 radical (unpaired) electrons. The number of rotatable bonds is 3. The van der Waals surface area contributed by atoms with Crippen molar-refractivity contribution < 1.29 is 9.90 Å². The predicted octanol–water partition coefficient (Wildman–Crippen LogP) is 1.30. The molecule has 6 heteroatoms. The van der Waals surface area contributed by atoms with Crippen LogP contribution in [0.5, 0.6) is 0 Å². The summed E-state index contributed by atoms with van der Waals surface area (Å²) in [7, 11) is 0. The second kappa shape index (κ2) is 5.91. The van der Waals surface area contributed by atoms with E-state index in [1.165, 1.54) is 6.92 Å². The van der Waals surface area contributed by atoms with Gasteiger partial charge in [-0.05, 0) is 40.0 Å². The zero-order valence-electron chi connectivity index (χ0n) is 12.6. The lowest BCUT2D eigenvalue weighted by atomic mass is 9.83. The van der Waals surface area contributed by atoms with E-state index in [-0.39, 0.29) is 23.9 Å². The highest BCUT2D eigenvalue weighted by Gasteiger charge is 2.33. The number of aliphatic hydroxyl groups is 1. The monoisotopic (exact) mass is 280 g/mol. The Hall–Kier alpha value is -1.43. The summed E-state index contributed by atoms with van der Waals surface area (Å²) in [5.74, 6) is 1.88. The van der Waals surface area contributed by atoms with Crippen molar-refractivity contribution in [2.24, 2.45) is 0 Å². The highest BCUT2D eigenvalue weighted by Crippen LogP contribution is 2.33. The summed E-state index contributed by atoms with van der Waals surface area (Å²) in [6.45, 7) is 7.55. The Balaban J connectivity index is 2.19. The Kier molecular flexibility index (Phi) is 4.42. The molecule has 1 heterocycles. The molecule has 0 aromatic carbocycles. The van der Waals surface area contributed by atoms with Crippen LogP contribution in [0.25, 0.3) is 0 Å². The highest BCUT2D eigenvalue weighted by molar-refractivity contribution is 5.73. The molecule has 1 aromatic heterocycles. The lowest BCUT2D eigenvalue weighted by Gasteiger charge is -2.33. The summed E-state index contributed by atoms with van der Waals surface area (Å²) in [6, 6.07) is 0.0705. The van der Waals surface area contributed by atoms with E-state index in [0.717, 1.165) is 18.1 Å². The third kappa shape index (κ3) is 3.17. The predicted molar refractivity (Wildman–Crippen MR) is 75.3 cm³/mol. The fraction of sp³-hybridized carbons (Fsp3) is 0.786. The molecule has 0 saturated heterocycles. The van der Waals surface area contributed by atoms with Crippen LogP contribution in [0.4, 0.5) is 0 Å². The van der Waals surface area contributed by atoms with E-state index < -0.39 is 6.10 Å². The molecular formula is C14H24N4O2. The van der Waals surface area contributed by atoms with Crippen LogP contribution in [0, 0.1) is 6.92 Å². The number of carbonyl (C=O) groups is 1. The van der Waals surface area contributed by atoms with E-state index in [0.29, 0.717) is 12.8 Å². The number of hydrogen-bond donors (Lipinski definition) is 2. The van der Waals surface area contributed by atoms with E-state index in [4.69, 9.17) is 0 Å². The van der Waals surface area contributed by atoms with Crippen LogP contribution < -0.4 is 5.32 Å². The smallest absolute Gasteiger partial charge is 0.217 e. The van der Waals surface area contributed by atoms with Gasteiger partial charge in [0.25, 0.3) is 0 Å². The third-order valence-electron chi connectivity index (χ3n) is 3.82. The van der Waals surface area contributed by atoms with Crippen molar-refractivity contribution in [1.29, 1.82) is 0 Å². The molecule has 0 aliphatic heterocycles. The van der Waals surface area contributed by atoms with Crippen molar-refractivity contribution in [3.63, 3.8) is 0 Å².